The molecule has 1 aliphatic rings. The average molecular weight is 269 g/mol. The van der Waals surface area contributed by atoms with E-state index in [0.29, 0.717) is 6.04 Å². The van der Waals surface area contributed by atoms with Gasteiger partial charge in [0.1, 0.15) is 0 Å². The third-order valence-corrected chi connectivity index (χ3v) is 4.08. The molecule has 3 N–H and O–H groups in total. The predicted molar refractivity (Wildman–Crippen MR) is 79.9 cm³/mol. The maximum Gasteiger partial charge on any atom is 0.237 e. The Morgan fingerprint density at radius 3 is 2.79 bits per heavy atom. The molecule has 2 atom stereocenters. The van der Waals surface area contributed by atoms with Crippen molar-refractivity contribution in [3.63, 3.8) is 0 Å². The lowest BCUT2D eigenvalue weighted by Crippen LogP contribution is -2.51. The number of nitrogens with two attached hydrogens (primary N) is 1. The van der Waals surface area contributed by atoms with E-state index < -0.39 is 0 Å². The van der Waals surface area contributed by atoms with Crippen molar-refractivity contribution in [3.05, 3.63) is 0 Å². The second-order valence-corrected chi connectivity index (χ2v) is 6.05. The Hall–Kier alpha value is -0.610. The number of piperidine rings is 1. The van der Waals surface area contributed by atoms with Gasteiger partial charge in [0, 0.05) is 12.6 Å². The second kappa shape index (κ2) is 8.54. The van der Waals surface area contributed by atoms with Crippen molar-refractivity contribution in [2.75, 3.05) is 19.6 Å². The van der Waals surface area contributed by atoms with Gasteiger partial charge >= 0.3 is 0 Å². The summed E-state index contributed by atoms with van der Waals surface area (Å²) in [4.78, 5) is 14.4. The van der Waals surface area contributed by atoms with Crippen molar-refractivity contribution in [2.45, 2.75) is 65.0 Å². The lowest BCUT2D eigenvalue weighted by Gasteiger charge is -2.36. The highest BCUT2D eigenvalue weighted by Gasteiger charge is 2.23. The van der Waals surface area contributed by atoms with Gasteiger partial charge in [-0.3, -0.25) is 9.69 Å². The summed E-state index contributed by atoms with van der Waals surface area (Å²) in [5.74, 6) is 0.193. The summed E-state index contributed by atoms with van der Waals surface area (Å²) >= 11 is 0. The molecule has 0 aromatic rings. The molecular formula is C15H31N3O. The van der Waals surface area contributed by atoms with Crippen LogP contribution in [0.25, 0.3) is 0 Å². The number of rotatable bonds is 7. The van der Waals surface area contributed by atoms with E-state index in [9.17, 15) is 4.79 Å². The van der Waals surface area contributed by atoms with Gasteiger partial charge in [0.2, 0.25) is 5.91 Å². The number of likely N-dealkylation sites (tertiary alicyclic amines) is 1. The number of carbonyl (C=O) groups excluding carboxylic acids is 1. The van der Waals surface area contributed by atoms with E-state index in [4.69, 9.17) is 5.73 Å². The van der Waals surface area contributed by atoms with Crippen molar-refractivity contribution >= 4 is 5.91 Å². The van der Waals surface area contributed by atoms with Gasteiger partial charge in [0.15, 0.2) is 0 Å². The number of hydrogen-bond donors (Lipinski definition) is 2. The standard InChI is InChI=1S/C15H31N3O/c1-4-5-9-18-10-7-6-8-13(18)11-17-15(19)14(16)12(2)3/h12-14H,4-11,16H2,1-3H3,(H,17,19)/t13?,14-/m0/s1. The van der Waals surface area contributed by atoms with Gasteiger partial charge in [-0.25, -0.2) is 0 Å². The van der Waals surface area contributed by atoms with Crippen LogP contribution in [0.5, 0.6) is 0 Å². The van der Waals surface area contributed by atoms with Gasteiger partial charge in [0.25, 0.3) is 0 Å². The smallest absolute Gasteiger partial charge is 0.237 e. The SMILES string of the molecule is CCCCN1CCCCC1CNC(=O)[C@@H](N)C(C)C. The van der Waals surface area contributed by atoms with Crippen molar-refractivity contribution < 1.29 is 4.79 Å². The fraction of sp³-hybridized carbons (Fsp3) is 0.933. The molecule has 1 amide bonds. The molecule has 1 heterocycles. The first-order valence-electron chi connectivity index (χ1n) is 7.83. The molecule has 0 spiro atoms. The molecule has 1 fully saturated rings. The molecule has 1 saturated heterocycles. The Morgan fingerprint density at radius 1 is 1.42 bits per heavy atom. The molecule has 0 aromatic heterocycles. The fourth-order valence-electron chi connectivity index (χ4n) is 2.59. The lowest BCUT2D eigenvalue weighted by molar-refractivity contribution is -0.123. The van der Waals surface area contributed by atoms with Crippen molar-refractivity contribution in [1.82, 2.24) is 10.2 Å². The quantitative estimate of drug-likeness (QED) is 0.740. The molecule has 4 nitrogen and oxygen atoms in total. The van der Waals surface area contributed by atoms with E-state index in [0.717, 1.165) is 13.1 Å². The summed E-state index contributed by atoms with van der Waals surface area (Å²) in [5.41, 5.74) is 5.86. The van der Waals surface area contributed by atoms with Gasteiger partial charge in [-0.1, -0.05) is 33.6 Å². The van der Waals surface area contributed by atoms with E-state index in [1.165, 1.54) is 38.6 Å². The van der Waals surface area contributed by atoms with Gasteiger partial charge in [0.05, 0.1) is 6.04 Å². The monoisotopic (exact) mass is 269 g/mol. The van der Waals surface area contributed by atoms with Crippen LogP contribution < -0.4 is 11.1 Å². The Bertz CT molecular complexity index is 268. The third-order valence-electron chi connectivity index (χ3n) is 4.08. The molecule has 1 rings (SSSR count). The Balaban J connectivity index is 2.38. The van der Waals surface area contributed by atoms with Crippen molar-refractivity contribution in [1.29, 1.82) is 0 Å². The number of nitrogens with zero attached hydrogens (tertiary/aromatic N) is 1. The van der Waals surface area contributed by atoms with Crippen LogP contribution in [0.15, 0.2) is 0 Å². The summed E-state index contributed by atoms with van der Waals surface area (Å²) in [6, 6.07) is 0.122. The largest absolute Gasteiger partial charge is 0.353 e. The van der Waals surface area contributed by atoms with Gasteiger partial charge in [-0.05, 0) is 38.3 Å². The number of hydrogen-bond acceptors (Lipinski definition) is 3. The minimum Gasteiger partial charge on any atom is -0.353 e. The zero-order valence-corrected chi connectivity index (χ0v) is 12.8. The van der Waals surface area contributed by atoms with Crippen LogP contribution in [0.2, 0.25) is 0 Å². The highest BCUT2D eigenvalue weighted by Crippen LogP contribution is 2.17. The summed E-state index contributed by atoms with van der Waals surface area (Å²) in [7, 11) is 0. The lowest BCUT2D eigenvalue weighted by atomic mass is 10.0. The molecule has 19 heavy (non-hydrogen) atoms. The zero-order valence-electron chi connectivity index (χ0n) is 12.8. The normalized spacial score (nSPS) is 22.5. The second-order valence-electron chi connectivity index (χ2n) is 6.05. The molecule has 1 aliphatic heterocycles. The zero-order chi connectivity index (χ0) is 14.3. The Morgan fingerprint density at radius 2 is 2.16 bits per heavy atom. The van der Waals surface area contributed by atoms with Crippen molar-refractivity contribution in [2.24, 2.45) is 11.7 Å². The molecular weight excluding hydrogens is 238 g/mol. The number of amides is 1. The molecule has 112 valence electrons. The van der Waals surface area contributed by atoms with Crippen LogP contribution in [0.3, 0.4) is 0 Å². The van der Waals surface area contributed by atoms with E-state index >= 15 is 0 Å². The van der Waals surface area contributed by atoms with Gasteiger partial charge < -0.3 is 11.1 Å². The van der Waals surface area contributed by atoms with Crippen LogP contribution in [0.1, 0.15) is 52.9 Å². The first kappa shape index (κ1) is 16.4. The van der Waals surface area contributed by atoms with Crippen LogP contribution in [0.4, 0.5) is 0 Å². The topological polar surface area (TPSA) is 58.4 Å². The summed E-state index contributed by atoms with van der Waals surface area (Å²) in [6.45, 7) is 9.28. The van der Waals surface area contributed by atoms with Crippen LogP contribution in [-0.2, 0) is 4.79 Å². The van der Waals surface area contributed by atoms with E-state index in [1.807, 2.05) is 13.8 Å². The molecule has 0 saturated carbocycles. The minimum atomic E-state index is -0.382. The molecule has 0 bridgehead atoms. The molecule has 1 unspecified atom stereocenters. The third kappa shape index (κ3) is 5.49. The highest BCUT2D eigenvalue weighted by molar-refractivity contribution is 5.81. The van der Waals surface area contributed by atoms with Crippen molar-refractivity contribution in [3.8, 4) is 0 Å². The van der Waals surface area contributed by atoms with E-state index in [-0.39, 0.29) is 17.9 Å². The van der Waals surface area contributed by atoms with Crippen LogP contribution in [-0.4, -0.2) is 42.5 Å². The molecule has 0 aromatic carbocycles. The Kier molecular flexibility index (Phi) is 7.39. The highest BCUT2D eigenvalue weighted by atomic mass is 16.2. The van der Waals surface area contributed by atoms with Gasteiger partial charge in [-0.15, -0.1) is 0 Å². The summed E-state index contributed by atoms with van der Waals surface area (Å²) < 4.78 is 0. The van der Waals surface area contributed by atoms with Crippen LogP contribution in [0, 0.1) is 5.92 Å². The predicted octanol–water partition coefficient (Wildman–Crippen LogP) is 1.74. The maximum absolute atomic E-state index is 11.9. The summed E-state index contributed by atoms with van der Waals surface area (Å²) in [6.07, 6.45) is 6.24. The van der Waals surface area contributed by atoms with E-state index in [2.05, 4.69) is 17.1 Å². The number of unbranched alkanes of at least 4 members (excludes halogenated alkanes) is 1. The molecule has 0 aliphatic carbocycles. The minimum absolute atomic E-state index is 0.00369. The van der Waals surface area contributed by atoms with E-state index in [1.54, 1.807) is 0 Å². The van der Waals surface area contributed by atoms with Gasteiger partial charge in [-0.2, -0.15) is 0 Å². The maximum atomic E-state index is 11.9. The number of carbonyl (C=O) groups is 1. The fourth-order valence-corrected chi connectivity index (χ4v) is 2.59. The molecule has 4 heteroatoms. The van der Waals surface area contributed by atoms with Crippen LogP contribution >= 0.6 is 0 Å². The molecule has 0 radical (unpaired) electrons. The first-order chi connectivity index (χ1) is 9.06. The summed E-state index contributed by atoms with van der Waals surface area (Å²) in [5, 5.41) is 3.03. The average Bonchev–Trinajstić information content (AvgIpc) is 2.42. The Labute approximate surface area is 118 Å². The number of nitrogens with one attached hydrogen (secondary N) is 1. The first-order valence-corrected chi connectivity index (χ1v) is 7.83.